The van der Waals surface area contributed by atoms with E-state index in [9.17, 15) is 19.2 Å². The summed E-state index contributed by atoms with van der Waals surface area (Å²) in [6.45, 7) is -0.325. The SMILES string of the molecule is COc1cc(C=O)ccc1OCC(COc1ccc(C=O)cc1OC)(COc1ccc(C=O)cc1OC)COc1ccc(C=O)cc1OC. The Morgan fingerprint density at radius 1 is 0.388 bits per heavy atom. The van der Waals surface area contributed by atoms with Gasteiger partial charge in [-0.2, -0.15) is 0 Å². The number of hydrogen-bond donors (Lipinski definition) is 0. The molecule has 0 unspecified atom stereocenters. The van der Waals surface area contributed by atoms with Crippen LogP contribution in [0.5, 0.6) is 46.0 Å². The molecule has 12 heteroatoms. The molecular formula is C37H36O12. The summed E-state index contributed by atoms with van der Waals surface area (Å²) in [5.41, 5.74) is 0.452. The molecule has 4 aromatic carbocycles. The first-order valence-corrected chi connectivity index (χ1v) is 14.9. The predicted molar refractivity (Wildman–Crippen MR) is 178 cm³/mol. The minimum absolute atomic E-state index is 0.0813. The quantitative estimate of drug-likeness (QED) is 0.108. The first-order valence-electron chi connectivity index (χ1n) is 14.9. The maximum atomic E-state index is 11.4. The van der Waals surface area contributed by atoms with Crippen molar-refractivity contribution in [2.75, 3.05) is 54.9 Å². The van der Waals surface area contributed by atoms with Gasteiger partial charge in [0.2, 0.25) is 0 Å². The highest BCUT2D eigenvalue weighted by molar-refractivity contribution is 5.78. The minimum atomic E-state index is -1.13. The second kappa shape index (κ2) is 17.2. The number of aldehydes is 4. The fourth-order valence-corrected chi connectivity index (χ4v) is 4.68. The summed E-state index contributed by atoms with van der Waals surface area (Å²) in [6, 6.07) is 19.0. The molecule has 0 aliphatic rings. The Morgan fingerprint density at radius 3 is 0.796 bits per heavy atom. The molecule has 0 saturated heterocycles. The zero-order chi connectivity index (χ0) is 35.2. The number of benzene rings is 4. The first kappa shape index (κ1) is 35.8. The molecule has 0 aliphatic heterocycles. The van der Waals surface area contributed by atoms with E-state index in [0.29, 0.717) is 93.4 Å². The fourth-order valence-electron chi connectivity index (χ4n) is 4.68. The number of methoxy groups -OCH3 is 4. The monoisotopic (exact) mass is 672 g/mol. The lowest BCUT2D eigenvalue weighted by atomic mass is 9.91. The summed E-state index contributed by atoms with van der Waals surface area (Å²) in [6.07, 6.45) is 2.79. The first-order chi connectivity index (χ1) is 23.8. The lowest BCUT2D eigenvalue weighted by Gasteiger charge is -2.33. The molecule has 0 aliphatic carbocycles. The van der Waals surface area contributed by atoms with Crippen LogP contribution in [0.2, 0.25) is 0 Å². The highest BCUT2D eigenvalue weighted by Crippen LogP contribution is 2.36. The van der Waals surface area contributed by atoms with Crippen LogP contribution in [0, 0.1) is 5.41 Å². The van der Waals surface area contributed by atoms with Gasteiger partial charge in [-0.25, -0.2) is 0 Å². The van der Waals surface area contributed by atoms with Crippen molar-refractivity contribution in [1.82, 2.24) is 0 Å². The predicted octanol–water partition coefficient (Wildman–Crippen LogP) is 5.57. The van der Waals surface area contributed by atoms with Gasteiger partial charge in [0.05, 0.1) is 28.4 Å². The van der Waals surface area contributed by atoms with Gasteiger partial charge in [0.1, 0.15) is 57.0 Å². The Hall–Kier alpha value is -6.04. The Kier molecular flexibility index (Phi) is 12.6. The highest BCUT2D eigenvalue weighted by Gasteiger charge is 2.37. The summed E-state index contributed by atoms with van der Waals surface area (Å²) >= 11 is 0. The van der Waals surface area contributed by atoms with Crippen molar-refractivity contribution in [2.45, 2.75) is 0 Å². The van der Waals surface area contributed by atoms with Crippen molar-refractivity contribution in [2.24, 2.45) is 5.41 Å². The summed E-state index contributed by atoms with van der Waals surface area (Å²) in [4.78, 5) is 45.6. The molecule has 0 aromatic heterocycles. The fraction of sp³-hybridized carbons (Fsp3) is 0.243. The molecule has 0 heterocycles. The van der Waals surface area contributed by atoms with Crippen molar-refractivity contribution >= 4 is 25.1 Å². The van der Waals surface area contributed by atoms with Gasteiger partial charge in [0.15, 0.2) is 46.0 Å². The summed E-state index contributed by atoms with van der Waals surface area (Å²) in [5.74, 6) is 2.65. The molecule has 4 rings (SSSR count). The zero-order valence-electron chi connectivity index (χ0n) is 27.5. The van der Waals surface area contributed by atoms with E-state index in [1.807, 2.05) is 0 Å². The molecule has 4 aromatic rings. The molecule has 0 saturated carbocycles. The van der Waals surface area contributed by atoms with Crippen LogP contribution in [0.3, 0.4) is 0 Å². The van der Waals surface area contributed by atoms with Crippen molar-refractivity contribution in [3.05, 3.63) is 95.1 Å². The van der Waals surface area contributed by atoms with Gasteiger partial charge in [0.25, 0.3) is 0 Å². The smallest absolute Gasteiger partial charge is 0.161 e. The standard InChI is InChI=1S/C37H36O12/c1-42-33-13-25(17-38)5-9-29(33)46-21-37(22-47-30-10-6-26(18-39)14-34(30)43-2,23-48-31-11-7-27(19-40)15-35(31)44-3)24-49-32-12-8-28(20-41)16-36(32)45-4/h5-20H,21-24H2,1-4H3. The maximum Gasteiger partial charge on any atom is 0.161 e. The Labute approximate surface area is 283 Å². The van der Waals surface area contributed by atoms with Crippen molar-refractivity contribution < 1.29 is 57.1 Å². The lowest BCUT2D eigenvalue weighted by Crippen LogP contribution is -2.45. The molecule has 0 atom stereocenters. The average Bonchev–Trinajstić information content (AvgIpc) is 3.16. The Morgan fingerprint density at radius 2 is 0.612 bits per heavy atom. The number of carbonyl (C=O) groups excluding carboxylic acids is 4. The van der Waals surface area contributed by atoms with Gasteiger partial charge in [-0.05, 0) is 72.8 Å². The molecule has 0 spiro atoms. The van der Waals surface area contributed by atoms with Gasteiger partial charge in [-0.1, -0.05) is 0 Å². The van der Waals surface area contributed by atoms with Crippen molar-refractivity contribution in [3.8, 4) is 46.0 Å². The third-order valence-corrected chi connectivity index (χ3v) is 7.43. The minimum Gasteiger partial charge on any atom is -0.493 e. The van der Waals surface area contributed by atoms with Crippen LogP contribution >= 0.6 is 0 Å². The molecular weight excluding hydrogens is 636 g/mol. The second-order valence-electron chi connectivity index (χ2n) is 10.8. The third kappa shape index (κ3) is 9.07. The van der Waals surface area contributed by atoms with Crippen LogP contribution in [0.25, 0.3) is 0 Å². The van der Waals surface area contributed by atoms with E-state index in [2.05, 4.69) is 0 Å². The molecule has 0 N–H and O–H groups in total. The van der Waals surface area contributed by atoms with Gasteiger partial charge in [0, 0.05) is 22.3 Å². The largest absolute Gasteiger partial charge is 0.493 e. The molecule has 0 radical (unpaired) electrons. The molecule has 49 heavy (non-hydrogen) atoms. The van der Waals surface area contributed by atoms with E-state index in [1.54, 1.807) is 72.8 Å². The molecule has 12 nitrogen and oxygen atoms in total. The third-order valence-electron chi connectivity index (χ3n) is 7.43. The zero-order valence-corrected chi connectivity index (χ0v) is 27.5. The lowest BCUT2D eigenvalue weighted by molar-refractivity contribution is -0.00577. The topological polar surface area (TPSA) is 142 Å². The van der Waals surface area contributed by atoms with Gasteiger partial charge < -0.3 is 37.9 Å². The van der Waals surface area contributed by atoms with Gasteiger partial charge in [-0.15, -0.1) is 0 Å². The molecule has 256 valence electrons. The van der Waals surface area contributed by atoms with Crippen LogP contribution < -0.4 is 37.9 Å². The second-order valence-corrected chi connectivity index (χ2v) is 10.8. The average molecular weight is 673 g/mol. The Balaban J connectivity index is 1.77. The summed E-state index contributed by atoms with van der Waals surface area (Å²) in [7, 11) is 5.83. The molecule has 0 bridgehead atoms. The van der Waals surface area contributed by atoms with Crippen LogP contribution in [-0.4, -0.2) is 80.0 Å². The molecule has 0 fully saturated rings. The number of rotatable bonds is 20. The van der Waals surface area contributed by atoms with E-state index in [0.717, 1.165) is 0 Å². The normalized spacial score (nSPS) is 10.7. The summed E-state index contributed by atoms with van der Waals surface area (Å²) in [5, 5.41) is 0. The van der Waals surface area contributed by atoms with Crippen LogP contribution in [-0.2, 0) is 0 Å². The van der Waals surface area contributed by atoms with Crippen LogP contribution in [0.4, 0.5) is 0 Å². The van der Waals surface area contributed by atoms with Crippen molar-refractivity contribution in [3.63, 3.8) is 0 Å². The molecule has 0 amide bonds. The van der Waals surface area contributed by atoms with Gasteiger partial charge >= 0.3 is 0 Å². The van der Waals surface area contributed by atoms with E-state index >= 15 is 0 Å². The van der Waals surface area contributed by atoms with E-state index in [4.69, 9.17) is 37.9 Å². The van der Waals surface area contributed by atoms with E-state index < -0.39 is 5.41 Å². The van der Waals surface area contributed by atoms with E-state index in [-0.39, 0.29) is 26.4 Å². The maximum absolute atomic E-state index is 11.4. The number of ether oxygens (including phenoxy) is 8. The van der Waals surface area contributed by atoms with Crippen molar-refractivity contribution in [1.29, 1.82) is 0 Å². The highest BCUT2D eigenvalue weighted by atomic mass is 16.6. The number of hydrogen-bond acceptors (Lipinski definition) is 12. The summed E-state index contributed by atoms with van der Waals surface area (Å²) < 4.78 is 47.2. The van der Waals surface area contributed by atoms with E-state index in [1.165, 1.54) is 28.4 Å². The van der Waals surface area contributed by atoms with Crippen LogP contribution in [0.15, 0.2) is 72.8 Å². The van der Waals surface area contributed by atoms with Gasteiger partial charge in [-0.3, -0.25) is 19.2 Å². The number of carbonyl (C=O) groups is 4. The van der Waals surface area contributed by atoms with Crippen LogP contribution in [0.1, 0.15) is 41.4 Å². The Bertz CT molecular complexity index is 1510.